The maximum atomic E-state index is 11.8. The summed E-state index contributed by atoms with van der Waals surface area (Å²) in [5, 5.41) is 10.5. The van der Waals surface area contributed by atoms with Crippen molar-refractivity contribution in [3.8, 4) is 0 Å². The van der Waals surface area contributed by atoms with E-state index in [1.165, 1.54) is 0 Å². The average molecular weight is 521 g/mol. The van der Waals surface area contributed by atoms with Gasteiger partial charge < -0.3 is 22.2 Å². The number of esters is 1. The highest BCUT2D eigenvalue weighted by atomic mass is 28.5. The molecule has 1 saturated carbocycles. The van der Waals surface area contributed by atoms with Crippen LogP contribution in [0.1, 0.15) is 39.0 Å². The van der Waals surface area contributed by atoms with Crippen LogP contribution in [0.5, 0.6) is 0 Å². The second kappa shape index (κ2) is 11.6. The lowest BCUT2D eigenvalue weighted by molar-refractivity contribution is -0.154. The summed E-state index contributed by atoms with van der Waals surface area (Å²) >= 11 is 0. The van der Waals surface area contributed by atoms with Crippen LogP contribution in [0, 0.1) is 5.92 Å². The zero-order valence-electron chi connectivity index (χ0n) is 22.2. The molecule has 32 heavy (non-hydrogen) atoms. The smallest absolute Gasteiger partial charge is 0.456 e. The number of carbonyl (C=O) groups excluding carboxylic acids is 1. The zero-order chi connectivity index (χ0) is 25.0. The predicted molar refractivity (Wildman–Crippen MR) is 141 cm³/mol. The fraction of sp³-hybridized carbons (Fsp3) is 0.864. The van der Waals surface area contributed by atoms with Crippen LogP contribution in [-0.4, -0.2) is 57.0 Å². The Hall–Kier alpha value is -0.0825. The Morgan fingerprint density at radius 2 is 1.38 bits per heavy atom. The molecule has 0 spiro atoms. The summed E-state index contributed by atoms with van der Waals surface area (Å²) in [7, 11) is -8.41. The summed E-state index contributed by atoms with van der Waals surface area (Å²) < 4.78 is 25.7. The van der Waals surface area contributed by atoms with Crippen molar-refractivity contribution in [2.75, 3.05) is 0 Å². The molecule has 3 unspecified atom stereocenters. The Morgan fingerprint density at radius 3 is 1.75 bits per heavy atom. The third-order valence-electron chi connectivity index (χ3n) is 4.95. The molecule has 1 rings (SSSR count). The molecular weight excluding hydrogens is 473 g/mol. The van der Waals surface area contributed by atoms with Crippen LogP contribution in [0.15, 0.2) is 12.2 Å². The first-order chi connectivity index (χ1) is 14.3. The van der Waals surface area contributed by atoms with Crippen LogP contribution in [0.3, 0.4) is 0 Å². The third-order valence-corrected chi connectivity index (χ3v) is 17.0. The summed E-state index contributed by atoms with van der Waals surface area (Å²) in [6, 6.07) is 0.826. The Kier molecular flexibility index (Phi) is 10.8. The van der Waals surface area contributed by atoms with Crippen LogP contribution in [0.25, 0.3) is 0 Å². The van der Waals surface area contributed by atoms with Gasteiger partial charge >= 0.3 is 14.8 Å². The standard InChI is InChI=1S/C22H48O6Si4/c1-18(2)22(24)25-21-15-14-19(17-20(21)23)13-12-16-32(26-29(3,4)5,27-30(6,7)8)28-31(9,10)11/h19-21,23H,1,12-17H2,2-11H3. The van der Waals surface area contributed by atoms with Gasteiger partial charge in [0.2, 0.25) is 0 Å². The van der Waals surface area contributed by atoms with Gasteiger partial charge in [-0.15, -0.1) is 0 Å². The molecule has 6 nitrogen and oxygen atoms in total. The fourth-order valence-corrected chi connectivity index (χ4v) is 18.7. The van der Waals surface area contributed by atoms with Gasteiger partial charge in [-0.2, -0.15) is 0 Å². The molecule has 1 aliphatic carbocycles. The molecule has 0 saturated heterocycles. The van der Waals surface area contributed by atoms with Crippen LogP contribution >= 0.6 is 0 Å². The van der Waals surface area contributed by atoms with Gasteiger partial charge in [-0.25, -0.2) is 4.79 Å². The molecule has 0 aromatic rings. The fourth-order valence-electron chi connectivity index (χ4n) is 4.06. The molecule has 0 amide bonds. The number of carbonyl (C=O) groups is 1. The quantitative estimate of drug-likeness (QED) is 0.196. The molecular formula is C22H48O6Si4. The normalized spacial score (nSPS) is 23.2. The number of aliphatic hydroxyl groups excluding tert-OH is 1. The third kappa shape index (κ3) is 11.9. The molecule has 0 aromatic carbocycles. The SMILES string of the molecule is C=C(C)C(=O)OC1CCC(CCC[Si](O[Si](C)(C)C)(O[Si](C)(C)C)O[Si](C)(C)C)CC1O. The van der Waals surface area contributed by atoms with E-state index in [0.717, 1.165) is 25.3 Å². The predicted octanol–water partition coefficient (Wildman–Crippen LogP) is 5.91. The number of hydrogen-bond acceptors (Lipinski definition) is 6. The minimum Gasteiger partial charge on any atom is -0.456 e. The van der Waals surface area contributed by atoms with Crippen LogP contribution in [-0.2, 0) is 21.9 Å². The van der Waals surface area contributed by atoms with Crippen molar-refractivity contribution in [3.05, 3.63) is 12.2 Å². The molecule has 0 aliphatic heterocycles. The van der Waals surface area contributed by atoms with Crippen LogP contribution < -0.4 is 0 Å². The maximum absolute atomic E-state index is 11.8. The maximum Gasteiger partial charge on any atom is 0.469 e. The van der Waals surface area contributed by atoms with E-state index in [1.54, 1.807) is 6.92 Å². The van der Waals surface area contributed by atoms with Crippen LogP contribution in [0.4, 0.5) is 0 Å². The average Bonchev–Trinajstić information content (AvgIpc) is 2.51. The van der Waals surface area contributed by atoms with E-state index in [0.29, 0.717) is 24.3 Å². The minimum absolute atomic E-state index is 0.368. The van der Waals surface area contributed by atoms with Gasteiger partial charge in [0, 0.05) is 11.6 Å². The van der Waals surface area contributed by atoms with E-state index in [-0.39, 0.29) is 0 Å². The lowest BCUT2D eigenvalue weighted by Gasteiger charge is -2.43. The molecule has 0 radical (unpaired) electrons. The molecule has 188 valence electrons. The lowest BCUT2D eigenvalue weighted by atomic mass is 9.83. The zero-order valence-corrected chi connectivity index (χ0v) is 26.2. The highest BCUT2D eigenvalue weighted by molar-refractivity contribution is 6.90. The second-order valence-corrected chi connectivity index (χ2v) is 29.2. The van der Waals surface area contributed by atoms with Crippen molar-refractivity contribution < 1.29 is 27.0 Å². The van der Waals surface area contributed by atoms with Crippen molar-refractivity contribution in [2.45, 2.75) is 116 Å². The van der Waals surface area contributed by atoms with Crippen molar-refractivity contribution in [1.29, 1.82) is 0 Å². The molecule has 1 aliphatic rings. The lowest BCUT2D eigenvalue weighted by Crippen LogP contribution is -2.60. The Morgan fingerprint density at radius 1 is 0.906 bits per heavy atom. The molecule has 3 atom stereocenters. The van der Waals surface area contributed by atoms with Gasteiger partial charge in [0.05, 0.1) is 6.10 Å². The highest BCUT2D eigenvalue weighted by Gasteiger charge is 2.49. The van der Waals surface area contributed by atoms with E-state index >= 15 is 0 Å². The van der Waals surface area contributed by atoms with E-state index in [4.69, 9.17) is 17.1 Å². The van der Waals surface area contributed by atoms with Gasteiger partial charge in [-0.05, 0) is 97.4 Å². The summed E-state index contributed by atoms with van der Waals surface area (Å²) in [6.45, 7) is 25.1. The second-order valence-electron chi connectivity index (χ2n) is 12.2. The first kappa shape index (κ1) is 29.9. The van der Waals surface area contributed by atoms with E-state index in [1.807, 2.05) is 0 Å². The van der Waals surface area contributed by atoms with Crippen LogP contribution in [0.2, 0.25) is 65.0 Å². The molecule has 1 fully saturated rings. The summed E-state index contributed by atoms with van der Waals surface area (Å²) in [6.07, 6.45) is 3.19. The molecule has 1 N–H and O–H groups in total. The van der Waals surface area contributed by atoms with Gasteiger partial charge in [-0.1, -0.05) is 13.0 Å². The summed E-state index contributed by atoms with van der Waals surface area (Å²) in [5.41, 5.74) is 0.368. The number of rotatable bonds is 12. The van der Waals surface area contributed by atoms with Gasteiger partial charge in [0.1, 0.15) is 6.10 Å². The van der Waals surface area contributed by atoms with E-state index < -0.39 is 51.9 Å². The van der Waals surface area contributed by atoms with Gasteiger partial charge in [-0.3, -0.25) is 0 Å². The molecule has 0 aromatic heterocycles. The first-order valence-corrected chi connectivity index (χ1v) is 24.1. The number of ether oxygens (including phenoxy) is 1. The number of aliphatic hydroxyl groups is 1. The van der Waals surface area contributed by atoms with Crippen molar-refractivity contribution in [1.82, 2.24) is 0 Å². The largest absolute Gasteiger partial charge is 0.469 e. The highest BCUT2D eigenvalue weighted by Crippen LogP contribution is 2.34. The van der Waals surface area contributed by atoms with Crippen molar-refractivity contribution in [2.24, 2.45) is 5.92 Å². The van der Waals surface area contributed by atoms with Crippen molar-refractivity contribution in [3.63, 3.8) is 0 Å². The van der Waals surface area contributed by atoms with E-state index in [2.05, 4.69) is 65.5 Å². The minimum atomic E-state index is -2.81. The Balaban J connectivity index is 2.81. The number of hydrogen-bond donors (Lipinski definition) is 1. The Labute approximate surface area is 200 Å². The van der Waals surface area contributed by atoms with Crippen molar-refractivity contribution >= 4 is 39.7 Å². The first-order valence-electron chi connectivity index (χ1n) is 12.0. The topological polar surface area (TPSA) is 74.2 Å². The van der Waals surface area contributed by atoms with E-state index in [9.17, 15) is 9.90 Å². The molecule has 10 heteroatoms. The summed E-state index contributed by atoms with van der Waals surface area (Å²) in [4.78, 5) is 11.8. The monoisotopic (exact) mass is 520 g/mol. The van der Waals surface area contributed by atoms with Gasteiger partial charge in [0.25, 0.3) is 0 Å². The van der Waals surface area contributed by atoms with Gasteiger partial charge in [0.15, 0.2) is 25.0 Å². The molecule has 0 heterocycles. The Bertz CT molecular complexity index is 595. The summed E-state index contributed by atoms with van der Waals surface area (Å²) in [5.74, 6) is -0.0131. The molecule has 0 bridgehead atoms.